The van der Waals surface area contributed by atoms with Crippen LogP contribution >= 0.6 is 11.6 Å². The van der Waals surface area contributed by atoms with Crippen LogP contribution in [0.25, 0.3) is 0 Å². The molecule has 2 heterocycles. The molecule has 0 aliphatic carbocycles. The molecule has 2 aromatic rings. The maximum absolute atomic E-state index is 5.99. The molecule has 1 unspecified atom stereocenters. The van der Waals surface area contributed by atoms with Crippen molar-refractivity contribution < 1.29 is 4.84 Å². The highest BCUT2D eigenvalue weighted by atomic mass is 35.5. The van der Waals surface area contributed by atoms with Gasteiger partial charge in [0.05, 0.1) is 5.71 Å². The molecular weight excluding hydrogens is 348 g/mol. The van der Waals surface area contributed by atoms with Crippen LogP contribution < -0.4 is 4.90 Å². The van der Waals surface area contributed by atoms with Gasteiger partial charge < -0.3 is 9.74 Å². The molecule has 1 aromatic carbocycles. The molecule has 3 rings (SSSR count). The van der Waals surface area contributed by atoms with Gasteiger partial charge in [-0.15, -0.1) is 0 Å². The van der Waals surface area contributed by atoms with E-state index in [1.165, 1.54) is 0 Å². The fourth-order valence-electron chi connectivity index (χ4n) is 3.32. The third kappa shape index (κ3) is 4.74. The largest absolute Gasteiger partial charge is 0.399 e. The number of anilines is 1. The number of halogens is 1. The van der Waals surface area contributed by atoms with E-state index in [2.05, 4.69) is 32.9 Å². The SMILES string of the molecule is CO/N=C(/CCN1CCN(c2ccccn2)CC1C)c1ccc(Cl)cc1. The molecule has 1 aliphatic heterocycles. The number of rotatable bonds is 6. The normalized spacial score (nSPS) is 18.8. The minimum atomic E-state index is 0.458. The number of oxime groups is 1. The van der Waals surface area contributed by atoms with Crippen LogP contribution in [0.2, 0.25) is 5.02 Å². The Balaban J connectivity index is 1.58. The lowest BCUT2D eigenvalue weighted by molar-refractivity contribution is 0.190. The molecule has 1 saturated heterocycles. The van der Waals surface area contributed by atoms with Crippen molar-refractivity contribution in [1.29, 1.82) is 0 Å². The van der Waals surface area contributed by atoms with Gasteiger partial charge in [-0.25, -0.2) is 4.98 Å². The Morgan fingerprint density at radius 2 is 2.04 bits per heavy atom. The van der Waals surface area contributed by atoms with E-state index in [1.807, 2.05) is 42.6 Å². The first-order valence-corrected chi connectivity index (χ1v) is 9.31. The lowest BCUT2D eigenvalue weighted by Crippen LogP contribution is -2.52. The number of hydrogen-bond acceptors (Lipinski definition) is 5. The molecular formula is C20H25ClN4O. The van der Waals surface area contributed by atoms with Crippen LogP contribution in [0.5, 0.6) is 0 Å². The van der Waals surface area contributed by atoms with Gasteiger partial charge in [0, 0.05) is 49.9 Å². The second-order valence-electron chi connectivity index (χ2n) is 6.50. The van der Waals surface area contributed by atoms with Gasteiger partial charge >= 0.3 is 0 Å². The minimum absolute atomic E-state index is 0.458. The van der Waals surface area contributed by atoms with E-state index >= 15 is 0 Å². The third-order valence-electron chi connectivity index (χ3n) is 4.75. The predicted molar refractivity (Wildman–Crippen MR) is 107 cm³/mol. The Kier molecular flexibility index (Phi) is 6.47. The van der Waals surface area contributed by atoms with E-state index in [0.717, 1.165) is 54.7 Å². The smallest absolute Gasteiger partial charge is 0.128 e. The summed E-state index contributed by atoms with van der Waals surface area (Å²) in [5.74, 6) is 1.06. The van der Waals surface area contributed by atoms with Gasteiger partial charge in [-0.1, -0.05) is 35.0 Å². The van der Waals surface area contributed by atoms with Gasteiger partial charge in [-0.05, 0) is 36.8 Å². The van der Waals surface area contributed by atoms with Crippen LogP contribution in [0.1, 0.15) is 18.9 Å². The highest BCUT2D eigenvalue weighted by molar-refractivity contribution is 6.30. The quantitative estimate of drug-likeness (QED) is 0.573. The zero-order chi connectivity index (χ0) is 18.4. The second kappa shape index (κ2) is 9.01. The van der Waals surface area contributed by atoms with Gasteiger partial charge in [0.15, 0.2) is 0 Å². The fourth-order valence-corrected chi connectivity index (χ4v) is 3.45. The number of aromatic nitrogens is 1. The summed E-state index contributed by atoms with van der Waals surface area (Å²) in [5, 5.41) is 4.95. The number of benzene rings is 1. The summed E-state index contributed by atoms with van der Waals surface area (Å²) < 4.78 is 0. The summed E-state index contributed by atoms with van der Waals surface area (Å²) >= 11 is 5.99. The molecule has 26 heavy (non-hydrogen) atoms. The molecule has 0 amide bonds. The number of nitrogens with zero attached hydrogens (tertiary/aromatic N) is 4. The highest BCUT2D eigenvalue weighted by Gasteiger charge is 2.24. The van der Waals surface area contributed by atoms with E-state index < -0.39 is 0 Å². The van der Waals surface area contributed by atoms with Crippen LogP contribution in [-0.2, 0) is 4.84 Å². The van der Waals surface area contributed by atoms with Crippen molar-refractivity contribution in [2.45, 2.75) is 19.4 Å². The summed E-state index contributed by atoms with van der Waals surface area (Å²) in [7, 11) is 1.59. The van der Waals surface area contributed by atoms with Crippen molar-refractivity contribution in [2.24, 2.45) is 5.16 Å². The zero-order valence-electron chi connectivity index (χ0n) is 15.3. The number of pyridine rings is 1. The van der Waals surface area contributed by atoms with Crippen molar-refractivity contribution in [1.82, 2.24) is 9.88 Å². The maximum Gasteiger partial charge on any atom is 0.128 e. The highest BCUT2D eigenvalue weighted by Crippen LogP contribution is 2.18. The maximum atomic E-state index is 5.99. The Bertz CT molecular complexity index is 720. The fraction of sp³-hybridized carbons (Fsp3) is 0.400. The van der Waals surface area contributed by atoms with Crippen LogP contribution in [0.15, 0.2) is 53.8 Å². The van der Waals surface area contributed by atoms with Crippen molar-refractivity contribution >= 4 is 23.1 Å². The minimum Gasteiger partial charge on any atom is -0.399 e. The molecule has 6 heteroatoms. The number of piperazine rings is 1. The van der Waals surface area contributed by atoms with Gasteiger partial charge in [-0.2, -0.15) is 0 Å². The Morgan fingerprint density at radius 3 is 2.69 bits per heavy atom. The van der Waals surface area contributed by atoms with Gasteiger partial charge in [0.25, 0.3) is 0 Å². The van der Waals surface area contributed by atoms with Gasteiger partial charge in [0.2, 0.25) is 0 Å². The van der Waals surface area contributed by atoms with Crippen molar-refractivity contribution in [3.05, 3.63) is 59.2 Å². The molecule has 1 aromatic heterocycles. The first kappa shape index (κ1) is 18.7. The Labute approximate surface area is 160 Å². The molecule has 0 radical (unpaired) electrons. The summed E-state index contributed by atoms with van der Waals surface area (Å²) in [5.41, 5.74) is 2.00. The average Bonchev–Trinajstić information content (AvgIpc) is 2.67. The van der Waals surface area contributed by atoms with Crippen molar-refractivity contribution in [3.8, 4) is 0 Å². The van der Waals surface area contributed by atoms with Gasteiger partial charge in [-0.3, -0.25) is 4.90 Å². The average molecular weight is 373 g/mol. The molecule has 0 N–H and O–H groups in total. The standard InChI is InChI=1S/C20H25ClN4O/c1-16-15-25(20-5-3-4-11-22-20)14-13-24(16)12-10-19(23-26-2)17-6-8-18(21)9-7-17/h3-9,11,16H,10,12-15H2,1-2H3/b23-19-. The molecule has 1 aliphatic rings. The summed E-state index contributed by atoms with van der Waals surface area (Å²) in [4.78, 5) is 14.4. The van der Waals surface area contributed by atoms with Crippen molar-refractivity contribution in [2.75, 3.05) is 38.2 Å². The third-order valence-corrected chi connectivity index (χ3v) is 5.01. The molecule has 0 spiro atoms. The lowest BCUT2D eigenvalue weighted by atomic mass is 10.1. The Hall–Kier alpha value is -2.11. The van der Waals surface area contributed by atoms with E-state index in [4.69, 9.17) is 16.4 Å². The predicted octanol–water partition coefficient (Wildman–Crippen LogP) is 3.69. The first-order chi connectivity index (χ1) is 12.7. The topological polar surface area (TPSA) is 41.0 Å². The molecule has 0 saturated carbocycles. The van der Waals surface area contributed by atoms with Crippen LogP contribution in [-0.4, -0.2) is 54.9 Å². The van der Waals surface area contributed by atoms with E-state index in [9.17, 15) is 0 Å². The van der Waals surface area contributed by atoms with Crippen LogP contribution in [0, 0.1) is 0 Å². The van der Waals surface area contributed by atoms with Gasteiger partial charge in [0.1, 0.15) is 12.9 Å². The van der Waals surface area contributed by atoms with E-state index in [1.54, 1.807) is 7.11 Å². The second-order valence-corrected chi connectivity index (χ2v) is 6.93. The molecule has 1 atom stereocenters. The van der Waals surface area contributed by atoms with E-state index in [0.29, 0.717) is 6.04 Å². The monoisotopic (exact) mass is 372 g/mol. The zero-order valence-corrected chi connectivity index (χ0v) is 16.1. The lowest BCUT2D eigenvalue weighted by Gasteiger charge is -2.40. The summed E-state index contributed by atoms with van der Waals surface area (Å²) in [6, 6.07) is 14.3. The first-order valence-electron chi connectivity index (χ1n) is 8.93. The number of hydrogen-bond donors (Lipinski definition) is 0. The summed E-state index contributed by atoms with van der Waals surface area (Å²) in [6.07, 6.45) is 2.69. The molecule has 0 bridgehead atoms. The Morgan fingerprint density at radius 1 is 1.23 bits per heavy atom. The summed E-state index contributed by atoms with van der Waals surface area (Å²) in [6.45, 7) is 6.19. The van der Waals surface area contributed by atoms with Crippen molar-refractivity contribution in [3.63, 3.8) is 0 Å². The van der Waals surface area contributed by atoms with Crippen LogP contribution in [0.4, 0.5) is 5.82 Å². The molecule has 5 nitrogen and oxygen atoms in total. The molecule has 138 valence electrons. The van der Waals surface area contributed by atoms with Crippen LogP contribution in [0.3, 0.4) is 0 Å². The molecule has 1 fully saturated rings. The van der Waals surface area contributed by atoms with E-state index in [-0.39, 0.29) is 0 Å².